The number of rotatable bonds is 12. The molecule has 0 radical (unpaired) electrons. The van der Waals surface area contributed by atoms with Crippen molar-refractivity contribution in [3.8, 4) is 5.75 Å². The van der Waals surface area contributed by atoms with Gasteiger partial charge in [0.05, 0.1) is 37.0 Å². The Labute approximate surface area is 365 Å². The summed E-state index contributed by atoms with van der Waals surface area (Å²) >= 11 is 6.04. The Hall–Kier alpha value is -4.32. The van der Waals surface area contributed by atoms with Gasteiger partial charge in [0.2, 0.25) is 0 Å². The van der Waals surface area contributed by atoms with E-state index in [2.05, 4.69) is 15.1 Å². The van der Waals surface area contributed by atoms with Crippen molar-refractivity contribution < 1.29 is 51.7 Å². The maximum Gasteiger partial charge on any atom is 0.420 e. The van der Waals surface area contributed by atoms with Gasteiger partial charge < -0.3 is 39.3 Å². The van der Waals surface area contributed by atoms with E-state index in [4.69, 9.17) is 25.8 Å². The molecule has 340 valence electrons. The largest absolute Gasteiger partial charge is 0.506 e. The smallest absolute Gasteiger partial charge is 0.420 e. The van der Waals surface area contributed by atoms with Crippen LogP contribution in [0.15, 0.2) is 36.4 Å². The number of urea groups is 1. The number of halogens is 4. The summed E-state index contributed by atoms with van der Waals surface area (Å²) in [6.45, 7) is 8.19. The average Bonchev–Trinajstić information content (AvgIpc) is 3.44. The lowest BCUT2D eigenvalue weighted by molar-refractivity contribution is -0.145. The van der Waals surface area contributed by atoms with E-state index in [0.717, 1.165) is 88.6 Å². The van der Waals surface area contributed by atoms with E-state index < -0.39 is 40.6 Å². The number of phenols is 1. The number of anilines is 1. The van der Waals surface area contributed by atoms with Crippen LogP contribution >= 0.6 is 11.6 Å². The van der Waals surface area contributed by atoms with E-state index in [1.807, 2.05) is 24.3 Å². The summed E-state index contributed by atoms with van der Waals surface area (Å²) in [7, 11) is 0. The second kappa shape index (κ2) is 20.9. The zero-order chi connectivity index (χ0) is 43.8. The number of morpholine rings is 1. The van der Waals surface area contributed by atoms with E-state index in [9.17, 15) is 37.5 Å². The first-order chi connectivity index (χ1) is 29.8. The minimum Gasteiger partial charge on any atom is -0.506 e. The third-order valence-corrected chi connectivity index (χ3v) is 13.4. The number of piperidine rings is 3. The average molecular weight is 891 g/mol. The molecule has 0 aliphatic carbocycles. The van der Waals surface area contributed by atoms with Gasteiger partial charge in [-0.15, -0.1) is 0 Å². The molecule has 4 saturated heterocycles. The maximum atomic E-state index is 14.2. The lowest BCUT2D eigenvalue weighted by atomic mass is 9.78. The molecule has 5 aliphatic rings. The number of nitrogens with zero attached hydrogens (tertiary/aromatic N) is 5. The highest BCUT2D eigenvalue weighted by atomic mass is 35.5. The van der Waals surface area contributed by atoms with Crippen LogP contribution in [0.2, 0.25) is 5.02 Å². The number of aromatic hydroxyl groups is 1. The molecule has 18 heteroatoms. The van der Waals surface area contributed by atoms with Crippen LogP contribution in [-0.4, -0.2) is 158 Å². The normalized spacial score (nSPS) is 20.9. The fourth-order valence-electron chi connectivity index (χ4n) is 9.58. The van der Waals surface area contributed by atoms with Crippen LogP contribution in [0, 0.1) is 11.8 Å². The molecule has 2 N–H and O–H groups in total. The SMILES string of the molecule is O=C(CN1CCC(C2CCN(C(=O)[C@@H](Cc3cc(Cl)c(O)c(C(F)(F)F)c3)OC(=O)N3CCC(N4CCc5ccccc5NC4=O)CC3)CC2)CC1)OCCCN1CCOCC1. The number of benzene rings is 2. The number of nitrogens with one attached hydrogen (secondary N) is 1. The zero-order valence-corrected chi connectivity index (χ0v) is 35.8. The molecule has 14 nitrogen and oxygen atoms in total. The predicted octanol–water partition coefficient (Wildman–Crippen LogP) is 5.88. The summed E-state index contributed by atoms with van der Waals surface area (Å²) in [5.41, 5.74) is 0.463. The summed E-state index contributed by atoms with van der Waals surface area (Å²) < 4.78 is 58.4. The van der Waals surface area contributed by atoms with Crippen LogP contribution in [0.4, 0.5) is 28.4 Å². The van der Waals surface area contributed by atoms with Crippen LogP contribution in [0.5, 0.6) is 5.75 Å². The molecular weight excluding hydrogens is 833 g/mol. The number of ether oxygens (including phenoxy) is 3. The van der Waals surface area contributed by atoms with E-state index >= 15 is 0 Å². The molecule has 2 aromatic rings. The molecule has 0 unspecified atom stereocenters. The van der Waals surface area contributed by atoms with Crippen LogP contribution in [0.3, 0.4) is 0 Å². The number of carbonyl (C=O) groups is 4. The van der Waals surface area contributed by atoms with Crippen molar-refractivity contribution in [3.63, 3.8) is 0 Å². The quantitative estimate of drug-likeness (QED) is 0.196. The van der Waals surface area contributed by atoms with E-state index in [1.54, 1.807) is 9.80 Å². The minimum atomic E-state index is -4.91. The van der Waals surface area contributed by atoms with Crippen molar-refractivity contribution in [1.29, 1.82) is 0 Å². The minimum absolute atomic E-state index is 0.0170. The number of amides is 4. The monoisotopic (exact) mass is 890 g/mol. The molecule has 5 aliphatic heterocycles. The van der Waals surface area contributed by atoms with Crippen molar-refractivity contribution in [2.45, 2.75) is 76.1 Å². The second-order valence-corrected chi connectivity index (χ2v) is 17.5. The first kappa shape index (κ1) is 45.7. The lowest BCUT2D eigenvalue weighted by Gasteiger charge is -2.41. The van der Waals surface area contributed by atoms with Gasteiger partial charge in [0.25, 0.3) is 5.91 Å². The molecule has 0 spiro atoms. The van der Waals surface area contributed by atoms with Crippen LogP contribution in [0.1, 0.15) is 61.6 Å². The van der Waals surface area contributed by atoms with Gasteiger partial charge in [-0.25, -0.2) is 9.59 Å². The van der Waals surface area contributed by atoms with Crippen LogP contribution in [-0.2, 0) is 42.8 Å². The van der Waals surface area contributed by atoms with Crippen molar-refractivity contribution in [1.82, 2.24) is 24.5 Å². The van der Waals surface area contributed by atoms with E-state index in [-0.39, 0.29) is 49.7 Å². The molecule has 0 saturated carbocycles. The number of fused-ring (bicyclic) bond motifs is 1. The predicted molar refractivity (Wildman–Crippen MR) is 224 cm³/mol. The summed E-state index contributed by atoms with van der Waals surface area (Å²) in [6.07, 6.45) is -1.82. The Morgan fingerprint density at radius 3 is 2.23 bits per heavy atom. The van der Waals surface area contributed by atoms with Gasteiger partial charge in [-0.05, 0) is 106 Å². The molecule has 0 aromatic heterocycles. The standard InChI is InChI=1S/C44H58ClF3N6O8/c45-36-27-30(26-35(40(36)56)44(46,47)48)28-38(62-43(59)53-18-11-34(12-19-53)54-20-10-33-4-1-2-5-37(33)49-42(54)58)41(57)52-16-8-32(9-17-52)31-6-14-51(15-7-31)29-39(55)61-23-3-13-50-21-24-60-25-22-50/h1-2,4-5,26-27,31-32,34,38,56H,3,6-25,28-29H2,(H,49,58)/t38-/m1/s1. The van der Waals surface area contributed by atoms with Gasteiger partial charge in [0.15, 0.2) is 6.10 Å². The number of carbonyl (C=O) groups excluding carboxylic acids is 4. The Morgan fingerprint density at radius 1 is 0.871 bits per heavy atom. The molecule has 4 fully saturated rings. The highest BCUT2D eigenvalue weighted by molar-refractivity contribution is 6.32. The highest BCUT2D eigenvalue weighted by Crippen LogP contribution is 2.41. The lowest BCUT2D eigenvalue weighted by Crippen LogP contribution is -2.52. The van der Waals surface area contributed by atoms with Crippen LogP contribution < -0.4 is 5.32 Å². The number of likely N-dealkylation sites (tertiary alicyclic amines) is 3. The van der Waals surface area contributed by atoms with Crippen molar-refractivity contribution in [2.75, 3.05) is 97.1 Å². The molecule has 62 heavy (non-hydrogen) atoms. The van der Waals surface area contributed by atoms with Gasteiger partial charge in [0.1, 0.15) is 5.75 Å². The van der Waals surface area contributed by atoms with Gasteiger partial charge in [-0.1, -0.05) is 29.8 Å². The van der Waals surface area contributed by atoms with E-state index in [1.165, 1.54) is 4.90 Å². The fourth-order valence-corrected chi connectivity index (χ4v) is 9.82. The Bertz CT molecular complexity index is 1880. The number of alkyl halides is 3. The van der Waals surface area contributed by atoms with Gasteiger partial charge in [0, 0.05) is 70.5 Å². The fraction of sp³-hybridized carbons (Fsp3) is 0.636. The summed E-state index contributed by atoms with van der Waals surface area (Å²) in [5.74, 6) is -1.07. The summed E-state index contributed by atoms with van der Waals surface area (Å²) in [6, 6.07) is 9.21. The second-order valence-electron chi connectivity index (χ2n) is 17.1. The molecule has 0 bridgehead atoms. The third kappa shape index (κ3) is 11.8. The number of para-hydroxylation sites is 1. The summed E-state index contributed by atoms with van der Waals surface area (Å²) in [5, 5.41) is 12.6. The number of hydrogen-bond acceptors (Lipinski definition) is 10. The van der Waals surface area contributed by atoms with Gasteiger partial charge >= 0.3 is 24.3 Å². The van der Waals surface area contributed by atoms with Crippen LogP contribution in [0.25, 0.3) is 0 Å². The Morgan fingerprint density at radius 2 is 1.53 bits per heavy atom. The van der Waals surface area contributed by atoms with Gasteiger partial charge in [-0.2, -0.15) is 13.2 Å². The molecule has 4 amide bonds. The molecule has 1 atom stereocenters. The highest BCUT2D eigenvalue weighted by Gasteiger charge is 2.39. The Kier molecular flexibility index (Phi) is 15.4. The molecule has 5 heterocycles. The van der Waals surface area contributed by atoms with Crippen molar-refractivity contribution in [2.24, 2.45) is 11.8 Å². The third-order valence-electron chi connectivity index (χ3n) is 13.2. The molecule has 2 aromatic carbocycles. The van der Waals surface area contributed by atoms with Crippen molar-refractivity contribution in [3.05, 3.63) is 58.1 Å². The molecule has 7 rings (SSSR count). The maximum absolute atomic E-state index is 14.2. The van der Waals surface area contributed by atoms with Gasteiger partial charge in [-0.3, -0.25) is 19.4 Å². The molecular formula is C44H58ClF3N6O8. The number of hydrogen-bond donors (Lipinski definition) is 2. The Balaban J connectivity index is 0.913. The first-order valence-corrected chi connectivity index (χ1v) is 22.4. The topological polar surface area (TPSA) is 144 Å². The first-order valence-electron chi connectivity index (χ1n) is 22.0. The number of phenolic OH excluding ortho intramolecular Hbond substituents is 1. The summed E-state index contributed by atoms with van der Waals surface area (Å²) in [4.78, 5) is 62.9. The van der Waals surface area contributed by atoms with Crippen molar-refractivity contribution >= 4 is 41.3 Å². The zero-order valence-electron chi connectivity index (χ0n) is 35.1. The van der Waals surface area contributed by atoms with E-state index in [0.29, 0.717) is 70.2 Å². The number of esters is 1.